The van der Waals surface area contributed by atoms with E-state index in [1.165, 1.54) is 36.1 Å². The second kappa shape index (κ2) is 12.5. The lowest BCUT2D eigenvalue weighted by Gasteiger charge is -2.26. The van der Waals surface area contributed by atoms with Crippen LogP contribution >= 0.6 is 35.3 Å². The zero-order valence-electron chi connectivity index (χ0n) is 16.8. The van der Waals surface area contributed by atoms with Crippen LogP contribution in [0.25, 0.3) is 0 Å². The summed E-state index contributed by atoms with van der Waals surface area (Å²) in [5, 5.41) is 8.81. The number of fused-ring (bicyclic) bond motifs is 1. The Bertz CT molecular complexity index is 686. The Morgan fingerprint density at radius 1 is 1.29 bits per heavy atom. The molecule has 0 spiro atoms. The Labute approximate surface area is 190 Å². The molecule has 0 saturated carbocycles. The molecule has 2 aliphatic rings. The highest BCUT2D eigenvalue weighted by atomic mass is 127. The van der Waals surface area contributed by atoms with Crippen molar-refractivity contribution >= 4 is 47.2 Å². The first-order chi connectivity index (χ1) is 13.3. The molecule has 0 atom stereocenters. The van der Waals surface area contributed by atoms with E-state index in [0.717, 1.165) is 45.0 Å². The summed E-state index contributed by atoms with van der Waals surface area (Å²) in [6, 6.07) is 2.15. The van der Waals surface area contributed by atoms with Gasteiger partial charge in [-0.25, -0.2) is 0 Å². The van der Waals surface area contributed by atoms with Gasteiger partial charge in [-0.15, -0.1) is 35.3 Å². The Balaban J connectivity index is 0.00000280. The van der Waals surface area contributed by atoms with Gasteiger partial charge in [0.25, 0.3) is 0 Å². The first-order valence-electron chi connectivity index (χ1n) is 10.3. The number of hydrogen-bond acceptors (Lipinski definition) is 3. The normalized spacial score (nSPS) is 16.7. The molecule has 0 aromatic carbocycles. The van der Waals surface area contributed by atoms with E-state index in [0.29, 0.717) is 13.0 Å². The van der Waals surface area contributed by atoms with Gasteiger partial charge in [0, 0.05) is 37.5 Å². The van der Waals surface area contributed by atoms with E-state index >= 15 is 0 Å². The molecule has 1 aromatic rings. The number of rotatable bonds is 7. The summed E-state index contributed by atoms with van der Waals surface area (Å²) in [5.74, 6) is 1.03. The maximum atomic E-state index is 12.5. The Kier molecular flexibility index (Phi) is 10.3. The van der Waals surface area contributed by atoms with Gasteiger partial charge in [-0.1, -0.05) is 11.6 Å². The minimum Gasteiger partial charge on any atom is -0.357 e. The molecule has 28 heavy (non-hydrogen) atoms. The molecule has 1 aliphatic carbocycles. The number of allylic oxidation sites excluding steroid dienone is 1. The predicted molar refractivity (Wildman–Crippen MR) is 129 cm³/mol. The molecular weight excluding hydrogens is 483 g/mol. The molecule has 7 heteroatoms. The molecule has 156 valence electrons. The van der Waals surface area contributed by atoms with Crippen molar-refractivity contribution in [2.75, 3.05) is 26.2 Å². The Morgan fingerprint density at radius 3 is 2.96 bits per heavy atom. The lowest BCUT2D eigenvalue weighted by atomic mass is 9.97. The first-order valence-corrected chi connectivity index (χ1v) is 11.2. The smallest absolute Gasteiger partial charge is 0.224 e. The molecule has 2 N–H and O–H groups in total. The van der Waals surface area contributed by atoms with Crippen molar-refractivity contribution in [2.45, 2.75) is 58.4 Å². The number of nitrogens with zero attached hydrogens (tertiary/aromatic N) is 2. The van der Waals surface area contributed by atoms with Crippen molar-refractivity contribution in [3.8, 4) is 0 Å². The molecule has 1 aromatic heterocycles. The fraction of sp³-hybridized carbons (Fsp3) is 0.619. The van der Waals surface area contributed by atoms with Crippen molar-refractivity contribution in [1.82, 2.24) is 15.5 Å². The van der Waals surface area contributed by atoms with Crippen molar-refractivity contribution in [2.24, 2.45) is 4.99 Å². The van der Waals surface area contributed by atoms with Crippen LogP contribution < -0.4 is 10.6 Å². The largest absolute Gasteiger partial charge is 0.357 e. The highest BCUT2D eigenvalue weighted by Crippen LogP contribution is 2.24. The number of carbonyl (C=O) groups is 1. The van der Waals surface area contributed by atoms with E-state index in [2.05, 4.69) is 40.1 Å². The molecule has 1 aliphatic heterocycles. The number of carbonyl (C=O) groups excluding carboxylic acids is 1. The maximum Gasteiger partial charge on any atom is 0.224 e. The van der Waals surface area contributed by atoms with Crippen LogP contribution in [0.5, 0.6) is 0 Å². The summed E-state index contributed by atoms with van der Waals surface area (Å²) >= 11 is 1.80. The lowest BCUT2D eigenvalue weighted by molar-refractivity contribution is -0.131. The molecule has 0 unspecified atom stereocenters. The fourth-order valence-electron chi connectivity index (χ4n) is 3.70. The van der Waals surface area contributed by atoms with E-state index in [4.69, 9.17) is 0 Å². The SMILES string of the molecule is CCNC(=NCCC(=O)N1CCc2sccc2C1)NCCC1=CCCCC1.I. The van der Waals surface area contributed by atoms with Crippen LogP contribution in [0.15, 0.2) is 28.1 Å². The van der Waals surface area contributed by atoms with Crippen LogP contribution in [0.3, 0.4) is 0 Å². The molecule has 0 fully saturated rings. The fourth-order valence-corrected chi connectivity index (χ4v) is 4.59. The summed E-state index contributed by atoms with van der Waals surface area (Å²) in [4.78, 5) is 20.5. The minimum atomic E-state index is 0. The lowest BCUT2D eigenvalue weighted by Crippen LogP contribution is -2.38. The van der Waals surface area contributed by atoms with Gasteiger partial charge in [0.15, 0.2) is 5.96 Å². The summed E-state index contributed by atoms with van der Waals surface area (Å²) in [5.41, 5.74) is 2.88. The molecule has 5 nitrogen and oxygen atoms in total. The van der Waals surface area contributed by atoms with Crippen LogP contribution in [-0.4, -0.2) is 42.9 Å². The molecule has 0 radical (unpaired) electrons. The third-order valence-corrected chi connectivity index (χ3v) is 6.25. The number of hydrogen-bond donors (Lipinski definition) is 2. The summed E-state index contributed by atoms with van der Waals surface area (Å²) in [7, 11) is 0. The first kappa shape index (κ1) is 23.2. The van der Waals surface area contributed by atoms with E-state index in [1.807, 2.05) is 4.90 Å². The number of thiophene rings is 1. The Morgan fingerprint density at radius 2 is 2.18 bits per heavy atom. The van der Waals surface area contributed by atoms with Crippen molar-refractivity contribution in [3.05, 3.63) is 33.5 Å². The van der Waals surface area contributed by atoms with Gasteiger partial charge in [0.05, 0.1) is 6.54 Å². The van der Waals surface area contributed by atoms with Crippen molar-refractivity contribution in [1.29, 1.82) is 0 Å². The molecule has 2 heterocycles. The number of halogens is 1. The highest BCUT2D eigenvalue weighted by Gasteiger charge is 2.20. The second-order valence-electron chi connectivity index (χ2n) is 7.23. The average molecular weight is 516 g/mol. The summed E-state index contributed by atoms with van der Waals surface area (Å²) in [6.07, 6.45) is 10.1. The average Bonchev–Trinajstić information content (AvgIpc) is 3.16. The second-order valence-corrected chi connectivity index (χ2v) is 8.23. The van der Waals surface area contributed by atoms with Crippen molar-refractivity contribution in [3.63, 3.8) is 0 Å². The zero-order chi connectivity index (χ0) is 18.9. The van der Waals surface area contributed by atoms with Crippen LogP contribution in [0.4, 0.5) is 0 Å². The van der Waals surface area contributed by atoms with Gasteiger partial charge in [0.2, 0.25) is 5.91 Å². The van der Waals surface area contributed by atoms with E-state index in [9.17, 15) is 4.79 Å². The third-order valence-electron chi connectivity index (χ3n) is 5.22. The van der Waals surface area contributed by atoms with E-state index < -0.39 is 0 Å². The van der Waals surface area contributed by atoms with Crippen LogP contribution in [0.2, 0.25) is 0 Å². The van der Waals surface area contributed by atoms with Gasteiger partial charge in [-0.3, -0.25) is 9.79 Å². The Hall–Kier alpha value is -1.09. The molecule has 0 saturated heterocycles. The number of aliphatic imine (C=N–C) groups is 1. The van der Waals surface area contributed by atoms with Gasteiger partial charge < -0.3 is 15.5 Å². The van der Waals surface area contributed by atoms with Crippen molar-refractivity contribution < 1.29 is 4.79 Å². The maximum absolute atomic E-state index is 12.5. The predicted octanol–water partition coefficient (Wildman–Crippen LogP) is 4.09. The molecular formula is C21H33IN4OS. The number of amides is 1. The number of guanidine groups is 1. The minimum absolute atomic E-state index is 0. The highest BCUT2D eigenvalue weighted by molar-refractivity contribution is 14.0. The quantitative estimate of drug-likeness (QED) is 0.249. The van der Waals surface area contributed by atoms with Crippen LogP contribution in [0.1, 0.15) is 55.9 Å². The van der Waals surface area contributed by atoms with Crippen LogP contribution in [-0.2, 0) is 17.8 Å². The standard InChI is InChI=1S/C21H32N4OS.HI/c1-2-22-21(23-12-8-17-6-4-3-5-7-17)24-13-9-20(26)25-14-10-19-18(16-25)11-15-27-19;/h6,11,15H,2-5,7-10,12-14,16H2,1H3,(H2,22,23,24);1H. The van der Waals surface area contributed by atoms with E-state index in [1.54, 1.807) is 16.9 Å². The molecule has 0 bridgehead atoms. The third kappa shape index (κ3) is 7.06. The van der Waals surface area contributed by atoms with Gasteiger partial charge >= 0.3 is 0 Å². The zero-order valence-corrected chi connectivity index (χ0v) is 20.0. The summed E-state index contributed by atoms with van der Waals surface area (Å²) in [6.45, 7) is 5.93. The topological polar surface area (TPSA) is 56.7 Å². The number of nitrogens with one attached hydrogen (secondary N) is 2. The van der Waals surface area contributed by atoms with Gasteiger partial charge in [0.1, 0.15) is 0 Å². The molecule has 3 rings (SSSR count). The monoisotopic (exact) mass is 516 g/mol. The van der Waals surface area contributed by atoms with Gasteiger partial charge in [-0.2, -0.15) is 0 Å². The summed E-state index contributed by atoms with van der Waals surface area (Å²) < 4.78 is 0. The van der Waals surface area contributed by atoms with E-state index in [-0.39, 0.29) is 29.9 Å². The molecule has 1 amide bonds. The van der Waals surface area contributed by atoms with Gasteiger partial charge in [-0.05, 0) is 62.5 Å². The van der Waals surface area contributed by atoms with Crippen LogP contribution in [0, 0.1) is 0 Å².